The molecule has 1 fully saturated rings. The van der Waals surface area contributed by atoms with Crippen LogP contribution in [0.15, 0.2) is 0 Å². The number of hydrogen-bond acceptors (Lipinski definition) is 3. The topological polar surface area (TPSA) is 21.7 Å². The minimum atomic E-state index is -0.0932. The molecule has 0 amide bonds. The summed E-state index contributed by atoms with van der Waals surface area (Å²) in [6.45, 7) is 10.7. The van der Waals surface area contributed by atoms with Crippen molar-refractivity contribution < 1.29 is 9.47 Å². The number of halogens is 1. The summed E-state index contributed by atoms with van der Waals surface area (Å²) in [4.78, 5) is 2.37. The summed E-state index contributed by atoms with van der Waals surface area (Å²) in [5, 5.41) is 0. The molecule has 0 spiro atoms. The van der Waals surface area contributed by atoms with Crippen LogP contribution in [0.25, 0.3) is 0 Å². The van der Waals surface area contributed by atoms with Crippen LogP contribution in [0.3, 0.4) is 0 Å². The Kier molecular flexibility index (Phi) is 5.33. The van der Waals surface area contributed by atoms with Gasteiger partial charge in [0.25, 0.3) is 0 Å². The van der Waals surface area contributed by atoms with Crippen LogP contribution in [0.1, 0.15) is 20.8 Å². The van der Waals surface area contributed by atoms with E-state index in [0.29, 0.717) is 5.88 Å². The molecule has 0 saturated carbocycles. The van der Waals surface area contributed by atoms with Crippen molar-refractivity contribution >= 4 is 11.6 Å². The van der Waals surface area contributed by atoms with Crippen LogP contribution >= 0.6 is 11.6 Å². The van der Waals surface area contributed by atoms with Crippen molar-refractivity contribution in [2.24, 2.45) is 0 Å². The van der Waals surface area contributed by atoms with Crippen molar-refractivity contribution in [1.29, 1.82) is 0 Å². The highest BCUT2D eigenvalue weighted by atomic mass is 35.5. The standard InChI is InChI=1S/C11H22ClNO2/c1-4-14-6-5-13-8-10(7-12)15-11(2,3)9-13/h10H,4-9H2,1-3H3. The maximum absolute atomic E-state index is 5.85. The van der Waals surface area contributed by atoms with Gasteiger partial charge in [-0.2, -0.15) is 0 Å². The van der Waals surface area contributed by atoms with Gasteiger partial charge in [0.1, 0.15) is 0 Å². The van der Waals surface area contributed by atoms with Gasteiger partial charge in [0, 0.05) is 32.1 Å². The van der Waals surface area contributed by atoms with E-state index in [1.165, 1.54) is 0 Å². The van der Waals surface area contributed by atoms with E-state index in [1.54, 1.807) is 0 Å². The van der Waals surface area contributed by atoms with Gasteiger partial charge in [-0.05, 0) is 20.8 Å². The molecule has 3 nitrogen and oxygen atoms in total. The molecule has 0 aromatic carbocycles. The summed E-state index contributed by atoms with van der Waals surface area (Å²) < 4.78 is 11.2. The molecule has 0 aliphatic carbocycles. The Labute approximate surface area is 97.7 Å². The molecule has 1 unspecified atom stereocenters. The van der Waals surface area contributed by atoms with Crippen molar-refractivity contribution in [3.8, 4) is 0 Å². The molecular weight excluding hydrogens is 214 g/mol. The van der Waals surface area contributed by atoms with Crippen molar-refractivity contribution in [2.45, 2.75) is 32.5 Å². The minimum Gasteiger partial charge on any atom is -0.380 e. The summed E-state index contributed by atoms with van der Waals surface area (Å²) in [6.07, 6.45) is 0.150. The molecule has 0 aromatic rings. The zero-order valence-electron chi connectivity index (χ0n) is 9.96. The minimum absolute atomic E-state index is 0.0932. The lowest BCUT2D eigenvalue weighted by molar-refractivity contribution is -0.129. The normalized spacial score (nSPS) is 26.8. The van der Waals surface area contributed by atoms with Gasteiger partial charge in [-0.25, -0.2) is 0 Å². The van der Waals surface area contributed by atoms with E-state index in [0.717, 1.165) is 32.8 Å². The molecular formula is C11H22ClNO2. The van der Waals surface area contributed by atoms with Gasteiger partial charge < -0.3 is 9.47 Å². The molecule has 15 heavy (non-hydrogen) atoms. The summed E-state index contributed by atoms with van der Waals surface area (Å²) in [5.41, 5.74) is -0.0932. The van der Waals surface area contributed by atoms with Crippen molar-refractivity contribution in [1.82, 2.24) is 4.90 Å². The lowest BCUT2D eigenvalue weighted by Gasteiger charge is -2.42. The van der Waals surface area contributed by atoms with Gasteiger partial charge in [0.05, 0.1) is 18.3 Å². The first-order valence-electron chi connectivity index (χ1n) is 5.61. The second kappa shape index (κ2) is 6.04. The predicted octanol–water partition coefficient (Wildman–Crippen LogP) is 1.74. The highest BCUT2D eigenvalue weighted by Gasteiger charge is 2.32. The number of alkyl halides is 1. The Morgan fingerprint density at radius 1 is 1.53 bits per heavy atom. The van der Waals surface area contributed by atoms with E-state index in [1.807, 2.05) is 6.92 Å². The fourth-order valence-corrected chi connectivity index (χ4v) is 2.17. The van der Waals surface area contributed by atoms with Crippen molar-refractivity contribution in [2.75, 3.05) is 38.7 Å². The third-order valence-corrected chi connectivity index (χ3v) is 2.82. The van der Waals surface area contributed by atoms with Crippen LogP contribution in [-0.2, 0) is 9.47 Å². The molecule has 1 rings (SSSR count). The summed E-state index contributed by atoms with van der Waals surface area (Å²) in [6, 6.07) is 0. The fraction of sp³-hybridized carbons (Fsp3) is 1.00. The highest BCUT2D eigenvalue weighted by molar-refractivity contribution is 6.18. The van der Waals surface area contributed by atoms with Gasteiger partial charge in [-0.1, -0.05) is 0 Å². The Balaban J connectivity index is 2.36. The van der Waals surface area contributed by atoms with Gasteiger partial charge in [0.2, 0.25) is 0 Å². The van der Waals surface area contributed by atoms with E-state index in [9.17, 15) is 0 Å². The monoisotopic (exact) mass is 235 g/mol. The molecule has 0 radical (unpaired) electrons. The SMILES string of the molecule is CCOCCN1CC(CCl)OC(C)(C)C1. The quantitative estimate of drug-likeness (QED) is 0.535. The molecule has 1 saturated heterocycles. The maximum Gasteiger partial charge on any atom is 0.0844 e. The lowest BCUT2D eigenvalue weighted by atomic mass is 10.1. The average molecular weight is 236 g/mol. The summed E-state index contributed by atoms with van der Waals surface area (Å²) in [5.74, 6) is 0.564. The first kappa shape index (κ1) is 13.2. The van der Waals surface area contributed by atoms with Gasteiger partial charge in [-0.15, -0.1) is 11.6 Å². The average Bonchev–Trinajstić information content (AvgIpc) is 2.16. The van der Waals surface area contributed by atoms with E-state index >= 15 is 0 Å². The predicted molar refractivity (Wildman–Crippen MR) is 62.6 cm³/mol. The molecule has 1 aliphatic heterocycles. The second-order valence-corrected chi connectivity index (χ2v) is 4.89. The number of nitrogens with zero attached hydrogens (tertiary/aromatic N) is 1. The van der Waals surface area contributed by atoms with Crippen LogP contribution in [0.4, 0.5) is 0 Å². The van der Waals surface area contributed by atoms with Crippen molar-refractivity contribution in [3.63, 3.8) is 0 Å². The first-order valence-corrected chi connectivity index (χ1v) is 6.14. The Morgan fingerprint density at radius 2 is 2.27 bits per heavy atom. The Hall–Kier alpha value is 0.170. The Morgan fingerprint density at radius 3 is 2.87 bits per heavy atom. The molecule has 1 aliphatic rings. The molecule has 1 heterocycles. The molecule has 90 valence electrons. The highest BCUT2D eigenvalue weighted by Crippen LogP contribution is 2.21. The van der Waals surface area contributed by atoms with Crippen LogP contribution < -0.4 is 0 Å². The largest absolute Gasteiger partial charge is 0.380 e. The number of ether oxygens (including phenoxy) is 2. The molecule has 1 atom stereocenters. The van der Waals surface area contributed by atoms with Gasteiger partial charge >= 0.3 is 0 Å². The Bertz CT molecular complexity index is 187. The molecule has 0 aromatic heterocycles. The van der Waals surface area contributed by atoms with Crippen LogP contribution in [0, 0.1) is 0 Å². The van der Waals surface area contributed by atoms with Crippen molar-refractivity contribution in [3.05, 3.63) is 0 Å². The molecule has 0 N–H and O–H groups in total. The van der Waals surface area contributed by atoms with E-state index in [2.05, 4.69) is 18.7 Å². The molecule has 4 heteroatoms. The molecule has 0 bridgehead atoms. The summed E-state index contributed by atoms with van der Waals surface area (Å²) >= 11 is 5.85. The third kappa shape index (κ3) is 4.68. The maximum atomic E-state index is 5.85. The number of morpholine rings is 1. The van der Waals surface area contributed by atoms with E-state index in [-0.39, 0.29) is 11.7 Å². The van der Waals surface area contributed by atoms with E-state index in [4.69, 9.17) is 21.1 Å². The van der Waals surface area contributed by atoms with Gasteiger partial charge in [-0.3, -0.25) is 4.90 Å². The number of hydrogen-bond donors (Lipinski definition) is 0. The third-order valence-electron chi connectivity index (χ3n) is 2.48. The smallest absolute Gasteiger partial charge is 0.0844 e. The van der Waals surface area contributed by atoms with E-state index < -0.39 is 0 Å². The fourth-order valence-electron chi connectivity index (χ4n) is 2.01. The van der Waals surface area contributed by atoms with Gasteiger partial charge in [0.15, 0.2) is 0 Å². The second-order valence-electron chi connectivity index (χ2n) is 4.59. The van der Waals surface area contributed by atoms with Crippen LogP contribution in [0.2, 0.25) is 0 Å². The zero-order valence-corrected chi connectivity index (χ0v) is 10.7. The van der Waals surface area contributed by atoms with Crippen LogP contribution in [0.5, 0.6) is 0 Å². The number of rotatable bonds is 5. The lowest BCUT2D eigenvalue weighted by Crippen LogP contribution is -2.53. The zero-order chi connectivity index (χ0) is 11.3. The summed E-state index contributed by atoms with van der Waals surface area (Å²) in [7, 11) is 0. The first-order chi connectivity index (χ1) is 7.07. The van der Waals surface area contributed by atoms with Crippen LogP contribution in [-0.4, -0.2) is 55.3 Å².